The van der Waals surface area contributed by atoms with E-state index in [1.54, 1.807) is 11.3 Å². The summed E-state index contributed by atoms with van der Waals surface area (Å²) < 4.78 is 5.50. The van der Waals surface area contributed by atoms with Gasteiger partial charge in [-0.3, -0.25) is 4.79 Å². The highest BCUT2D eigenvalue weighted by Crippen LogP contribution is 2.24. The fourth-order valence-electron chi connectivity index (χ4n) is 3.41. The zero-order chi connectivity index (χ0) is 18.6. The van der Waals surface area contributed by atoms with Crippen LogP contribution < -0.4 is 0 Å². The molecule has 1 aromatic carbocycles. The summed E-state index contributed by atoms with van der Waals surface area (Å²) in [6.45, 7) is 8.84. The number of carbonyl (C=O) groups excluding carboxylic acids is 1. The van der Waals surface area contributed by atoms with Crippen LogP contribution >= 0.6 is 11.3 Å². The highest BCUT2D eigenvalue weighted by molar-refractivity contribution is 7.09. The molecule has 4 heteroatoms. The number of benzene rings is 1. The lowest BCUT2D eigenvalue weighted by Gasteiger charge is -2.34. The maximum atomic E-state index is 13.3. The van der Waals surface area contributed by atoms with E-state index in [4.69, 9.17) is 4.74 Å². The Morgan fingerprint density at radius 2 is 1.85 bits per heavy atom. The molecule has 26 heavy (non-hydrogen) atoms. The first-order valence-electron chi connectivity index (χ1n) is 9.47. The lowest BCUT2D eigenvalue weighted by Crippen LogP contribution is -2.44. The number of amides is 1. The number of hydrogen-bond acceptors (Lipinski definition) is 3. The molecule has 0 N–H and O–H groups in total. The number of hydrogen-bond donors (Lipinski definition) is 0. The van der Waals surface area contributed by atoms with Crippen LogP contribution in [0.3, 0.4) is 0 Å². The molecule has 1 aromatic heterocycles. The van der Waals surface area contributed by atoms with E-state index in [1.807, 2.05) is 12.1 Å². The maximum absolute atomic E-state index is 13.3. The molecule has 0 aliphatic carbocycles. The van der Waals surface area contributed by atoms with Crippen LogP contribution in [0, 0.1) is 0 Å². The van der Waals surface area contributed by atoms with E-state index in [0.717, 1.165) is 44.6 Å². The molecule has 0 radical (unpaired) electrons. The van der Waals surface area contributed by atoms with Crippen molar-refractivity contribution in [1.29, 1.82) is 0 Å². The molecule has 0 bridgehead atoms. The van der Waals surface area contributed by atoms with Crippen LogP contribution in [0.15, 0.2) is 41.8 Å². The molecule has 1 aliphatic rings. The van der Waals surface area contributed by atoms with E-state index >= 15 is 0 Å². The van der Waals surface area contributed by atoms with Crippen molar-refractivity contribution in [3.63, 3.8) is 0 Å². The van der Waals surface area contributed by atoms with Gasteiger partial charge >= 0.3 is 0 Å². The van der Waals surface area contributed by atoms with Crippen LogP contribution in [0.2, 0.25) is 0 Å². The van der Waals surface area contributed by atoms with Gasteiger partial charge in [0.05, 0.1) is 0 Å². The standard InChI is InChI=1S/C22H29NO2S/c1-22(2,3)18-8-6-17(7-9-18)21(24)23(19-11-14-25-15-12-19)13-10-20-5-4-16-26-20/h4-9,16,19H,10-15H2,1-3H3. The Labute approximate surface area is 161 Å². The van der Waals surface area contributed by atoms with Crippen LogP contribution in [-0.2, 0) is 16.6 Å². The van der Waals surface area contributed by atoms with Crippen molar-refractivity contribution in [3.8, 4) is 0 Å². The van der Waals surface area contributed by atoms with Crippen LogP contribution in [0.4, 0.5) is 0 Å². The predicted octanol–water partition coefficient (Wildman–Crippen LogP) is 4.91. The second-order valence-electron chi connectivity index (χ2n) is 8.00. The third-order valence-electron chi connectivity index (χ3n) is 5.07. The molecular formula is C22H29NO2S. The van der Waals surface area contributed by atoms with Crippen molar-refractivity contribution in [2.24, 2.45) is 0 Å². The maximum Gasteiger partial charge on any atom is 0.254 e. The molecule has 140 valence electrons. The van der Waals surface area contributed by atoms with Crippen LogP contribution in [0.5, 0.6) is 0 Å². The van der Waals surface area contributed by atoms with Gasteiger partial charge in [-0.15, -0.1) is 11.3 Å². The lowest BCUT2D eigenvalue weighted by atomic mass is 9.86. The Bertz CT molecular complexity index is 695. The summed E-state index contributed by atoms with van der Waals surface area (Å²) in [6, 6.07) is 12.7. The highest BCUT2D eigenvalue weighted by Gasteiger charge is 2.27. The van der Waals surface area contributed by atoms with Crippen molar-refractivity contribution in [3.05, 3.63) is 57.8 Å². The van der Waals surface area contributed by atoms with E-state index in [-0.39, 0.29) is 17.4 Å². The Morgan fingerprint density at radius 1 is 1.15 bits per heavy atom. The topological polar surface area (TPSA) is 29.5 Å². The van der Waals surface area contributed by atoms with E-state index in [0.29, 0.717) is 0 Å². The SMILES string of the molecule is CC(C)(C)c1ccc(C(=O)N(CCc2cccs2)C2CCOCC2)cc1. The van der Waals surface area contributed by atoms with Gasteiger partial charge in [-0.2, -0.15) is 0 Å². The molecule has 0 atom stereocenters. The van der Waals surface area contributed by atoms with Crippen molar-refractivity contribution in [2.75, 3.05) is 19.8 Å². The molecule has 1 fully saturated rings. The summed E-state index contributed by atoms with van der Waals surface area (Å²) in [5.74, 6) is 0.147. The Morgan fingerprint density at radius 3 is 2.42 bits per heavy atom. The average Bonchev–Trinajstić information content (AvgIpc) is 3.15. The summed E-state index contributed by atoms with van der Waals surface area (Å²) in [6.07, 6.45) is 2.77. The minimum absolute atomic E-state index is 0.0984. The van der Waals surface area contributed by atoms with E-state index in [9.17, 15) is 4.79 Å². The molecular weight excluding hydrogens is 342 g/mol. The highest BCUT2D eigenvalue weighted by atomic mass is 32.1. The quantitative estimate of drug-likeness (QED) is 0.747. The first kappa shape index (κ1) is 19.1. The van der Waals surface area contributed by atoms with Gasteiger partial charge in [0.1, 0.15) is 0 Å². The molecule has 0 unspecified atom stereocenters. The zero-order valence-electron chi connectivity index (χ0n) is 16.0. The molecule has 0 spiro atoms. The van der Waals surface area contributed by atoms with Gasteiger partial charge in [-0.1, -0.05) is 39.0 Å². The smallest absolute Gasteiger partial charge is 0.254 e. The summed E-state index contributed by atoms with van der Waals surface area (Å²) in [4.78, 5) is 16.7. The van der Waals surface area contributed by atoms with Crippen LogP contribution in [0.25, 0.3) is 0 Å². The molecule has 3 rings (SSSR count). The fraction of sp³-hybridized carbons (Fsp3) is 0.500. The van der Waals surface area contributed by atoms with Gasteiger partial charge < -0.3 is 9.64 Å². The molecule has 0 saturated carbocycles. The van der Waals surface area contributed by atoms with Crippen LogP contribution in [0.1, 0.15) is 54.4 Å². The van der Waals surface area contributed by atoms with Gasteiger partial charge in [0.15, 0.2) is 0 Å². The van der Waals surface area contributed by atoms with Gasteiger partial charge in [0.2, 0.25) is 0 Å². The molecule has 1 aliphatic heterocycles. The third-order valence-corrected chi connectivity index (χ3v) is 6.01. The minimum Gasteiger partial charge on any atom is -0.381 e. The molecule has 2 aromatic rings. The Kier molecular flexibility index (Phi) is 6.15. The van der Waals surface area contributed by atoms with Gasteiger partial charge in [0, 0.05) is 36.2 Å². The predicted molar refractivity (Wildman–Crippen MR) is 108 cm³/mol. The lowest BCUT2D eigenvalue weighted by molar-refractivity contribution is 0.0294. The van der Waals surface area contributed by atoms with Crippen molar-refractivity contribution in [1.82, 2.24) is 4.90 Å². The molecule has 1 saturated heterocycles. The summed E-state index contributed by atoms with van der Waals surface area (Å²) in [5, 5.41) is 2.10. The van der Waals surface area contributed by atoms with Crippen molar-refractivity contribution >= 4 is 17.2 Å². The van der Waals surface area contributed by atoms with Crippen molar-refractivity contribution in [2.45, 2.75) is 51.5 Å². The van der Waals surface area contributed by atoms with Gasteiger partial charge in [-0.25, -0.2) is 0 Å². The van der Waals surface area contributed by atoms with Crippen molar-refractivity contribution < 1.29 is 9.53 Å². The monoisotopic (exact) mass is 371 g/mol. The largest absolute Gasteiger partial charge is 0.381 e. The summed E-state index contributed by atoms with van der Waals surface area (Å²) in [5.41, 5.74) is 2.14. The molecule has 1 amide bonds. The summed E-state index contributed by atoms with van der Waals surface area (Å²) in [7, 11) is 0. The fourth-order valence-corrected chi connectivity index (χ4v) is 4.11. The number of carbonyl (C=O) groups is 1. The number of nitrogens with zero attached hydrogens (tertiary/aromatic N) is 1. The third kappa shape index (κ3) is 4.74. The summed E-state index contributed by atoms with van der Waals surface area (Å²) >= 11 is 1.76. The number of ether oxygens (including phenoxy) is 1. The number of rotatable bonds is 5. The molecule has 2 heterocycles. The minimum atomic E-state index is 0.0984. The van der Waals surface area contributed by atoms with E-state index in [1.165, 1.54) is 10.4 Å². The Balaban J connectivity index is 1.76. The molecule has 3 nitrogen and oxygen atoms in total. The van der Waals surface area contributed by atoms with E-state index in [2.05, 4.69) is 55.3 Å². The normalized spacial score (nSPS) is 15.8. The van der Waals surface area contributed by atoms with E-state index < -0.39 is 0 Å². The van der Waals surface area contributed by atoms with Gasteiger partial charge in [-0.05, 0) is 53.8 Å². The number of thiophene rings is 1. The second kappa shape index (κ2) is 8.36. The zero-order valence-corrected chi connectivity index (χ0v) is 16.8. The van der Waals surface area contributed by atoms with Gasteiger partial charge in [0.25, 0.3) is 5.91 Å². The van der Waals surface area contributed by atoms with Crippen LogP contribution in [-0.4, -0.2) is 36.6 Å². The average molecular weight is 372 g/mol. The first-order valence-corrected chi connectivity index (χ1v) is 10.3. The Hall–Kier alpha value is -1.65. The first-order chi connectivity index (χ1) is 12.4. The second-order valence-corrected chi connectivity index (χ2v) is 9.03.